The van der Waals surface area contributed by atoms with Gasteiger partial charge in [-0.2, -0.15) is 5.10 Å². The number of anilines is 1. The molecule has 0 atom stereocenters. The van der Waals surface area contributed by atoms with Crippen LogP contribution in [-0.2, 0) is 13.1 Å². The maximum atomic E-state index is 12.8. The standard InChI is InChI=1S/C21H22N4O3/c1-4-7-24-13-17(11-23-24)25-12-16-8-14(5-6-18(16)21(25)26)15-9-19(27-2)20(28-3)22-10-15/h5-6,8-11,13H,4,7,12H2,1-3H3. The van der Waals surface area contributed by atoms with Crippen LogP contribution >= 0.6 is 0 Å². The summed E-state index contributed by atoms with van der Waals surface area (Å²) in [6.45, 7) is 3.47. The molecule has 0 aliphatic carbocycles. The molecule has 0 bridgehead atoms. The minimum absolute atomic E-state index is 0.00281. The van der Waals surface area contributed by atoms with Gasteiger partial charge >= 0.3 is 0 Å². The third-order valence-electron chi connectivity index (χ3n) is 4.86. The second-order valence-corrected chi connectivity index (χ2v) is 6.66. The van der Waals surface area contributed by atoms with E-state index < -0.39 is 0 Å². The van der Waals surface area contributed by atoms with E-state index in [9.17, 15) is 4.79 Å². The third kappa shape index (κ3) is 3.09. The molecule has 4 rings (SSSR count). The predicted octanol–water partition coefficient (Wildman–Crippen LogP) is 3.53. The van der Waals surface area contributed by atoms with Crippen molar-refractivity contribution in [1.82, 2.24) is 14.8 Å². The van der Waals surface area contributed by atoms with E-state index in [1.165, 1.54) is 0 Å². The fourth-order valence-corrected chi connectivity index (χ4v) is 3.44. The molecule has 2 aromatic heterocycles. The quantitative estimate of drug-likeness (QED) is 0.656. The average Bonchev–Trinajstić information content (AvgIpc) is 3.31. The fourth-order valence-electron chi connectivity index (χ4n) is 3.44. The summed E-state index contributed by atoms with van der Waals surface area (Å²) in [5, 5.41) is 4.34. The van der Waals surface area contributed by atoms with Gasteiger partial charge in [0.1, 0.15) is 0 Å². The average molecular weight is 378 g/mol. The molecule has 1 amide bonds. The minimum Gasteiger partial charge on any atom is -0.491 e. The second kappa shape index (κ2) is 7.34. The number of methoxy groups -OCH3 is 2. The van der Waals surface area contributed by atoms with Crippen molar-refractivity contribution in [3.63, 3.8) is 0 Å². The van der Waals surface area contributed by atoms with Gasteiger partial charge in [-0.05, 0) is 35.7 Å². The fraction of sp³-hybridized carbons (Fsp3) is 0.286. The lowest BCUT2D eigenvalue weighted by Crippen LogP contribution is -2.22. The van der Waals surface area contributed by atoms with Gasteiger partial charge in [0, 0.05) is 30.1 Å². The van der Waals surface area contributed by atoms with Crippen LogP contribution in [0.4, 0.5) is 5.69 Å². The van der Waals surface area contributed by atoms with Crippen molar-refractivity contribution in [2.24, 2.45) is 0 Å². The molecule has 0 saturated heterocycles. The molecule has 144 valence electrons. The summed E-state index contributed by atoms with van der Waals surface area (Å²) in [5.41, 5.74) is 4.41. The highest BCUT2D eigenvalue weighted by atomic mass is 16.5. The van der Waals surface area contributed by atoms with Gasteiger partial charge < -0.3 is 14.4 Å². The first-order valence-corrected chi connectivity index (χ1v) is 9.20. The molecule has 0 saturated carbocycles. The smallest absolute Gasteiger partial charge is 0.259 e. The normalized spacial score (nSPS) is 13.0. The number of carbonyl (C=O) groups is 1. The van der Waals surface area contributed by atoms with Gasteiger partial charge in [-0.3, -0.25) is 9.48 Å². The van der Waals surface area contributed by atoms with Crippen molar-refractivity contribution < 1.29 is 14.3 Å². The lowest BCUT2D eigenvalue weighted by Gasteiger charge is -2.12. The van der Waals surface area contributed by atoms with E-state index in [0.29, 0.717) is 18.2 Å². The molecule has 0 N–H and O–H groups in total. The van der Waals surface area contributed by atoms with Crippen LogP contribution in [0.1, 0.15) is 29.3 Å². The second-order valence-electron chi connectivity index (χ2n) is 6.66. The number of nitrogens with zero attached hydrogens (tertiary/aromatic N) is 4. The van der Waals surface area contributed by atoms with Crippen LogP contribution in [0.25, 0.3) is 11.1 Å². The van der Waals surface area contributed by atoms with Crippen LogP contribution in [0.3, 0.4) is 0 Å². The number of ether oxygens (including phenoxy) is 2. The zero-order valence-corrected chi connectivity index (χ0v) is 16.2. The molecule has 3 aromatic rings. The van der Waals surface area contributed by atoms with E-state index in [2.05, 4.69) is 17.0 Å². The Kier molecular flexibility index (Phi) is 4.73. The number of carbonyl (C=O) groups excluding carboxylic acids is 1. The maximum Gasteiger partial charge on any atom is 0.259 e. The Hall–Kier alpha value is -3.35. The van der Waals surface area contributed by atoms with Crippen molar-refractivity contribution in [2.75, 3.05) is 19.1 Å². The Bertz CT molecular complexity index is 1030. The molecule has 0 radical (unpaired) electrons. The number of aromatic nitrogens is 3. The van der Waals surface area contributed by atoms with Gasteiger partial charge in [0.05, 0.1) is 32.6 Å². The number of pyridine rings is 1. The number of benzene rings is 1. The molecule has 0 unspecified atom stereocenters. The van der Waals surface area contributed by atoms with Gasteiger partial charge in [-0.15, -0.1) is 0 Å². The van der Waals surface area contributed by atoms with Gasteiger partial charge in [0.25, 0.3) is 11.8 Å². The van der Waals surface area contributed by atoms with Crippen molar-refractivity contribution in [3.05, 3.63) is 54.0 Å². The Morgan fingerprint density at radius 3 is 2.71 bits per heavy atom. The lowest BCUT2D eigenvalue weighted by atomic mass is 10.0. The summed E-state index contributed by atoms with van der Waals surface area (Å²) in [5.74, 6) is 1.02. The van der Waals surface area contributed by atoms with Gasteiger partial charge in [-0.1, -0.05) is 13.0 Å². The number of rotatable bonds is 6. The predicted molar refractivity (Wildman–Crippen MR) is 106 cm³/mol. The number of hydrogen-bond acceptors (Lipinski definition) is 5. The van der Waals surface area contributed by atoms with Gasteiger partial charge in [-0.25, -0.2) is 4.98 Å². The Morgan fingerprint density at radius 2 is 1.96 bits per heavy atom. The van der Waals surface area contributed by atoms with E-state index >= 15 is 0 Å². The number of amides is 1. The van der Waals surface area contributed by atoms with Crippen molar-refractivity contribution in [1.29, 1.82) is 0 Å². The van der Waals surface area contributed by atoms with Crippen molar-refractivity contribution >= 4 is 11.6 Å². The van der Waals surface area contributed by atoms with Crippen molar-refractivity contribution in [2.45, 2.75) is 26.4 Å². The molecule has 1 aromatic carbocycles. The molecule has 28 heavy (non-hydrogen) atoms. The zero-order valence-electron chi connectivity index (χ0n) is 16.2. The highest BCUT2D eigenvalue weighted by Gasteiger charge is 2.29. The summed E-state index contributed by atoms with van der Waals surface area (Å²) in [6.07, 6.45) is 6.41. The van der Waals surface area contributed by atoms with Gasteiger partial charge in [0.2, 0.25) is 0 Å². The first-order chi connectivity index (χ1) is 13.6. The summed E-state index contributed by atoms with van der Waals surface area (Å²) >= 11 is 0. The molecule has 1 aliphatic heterocycles. The third-order valence-corrected chi connectivity index (χ3v) is 4.86. The summed E-state index contributed by atoms with van der Waals surface area (Å²) in [7, 11) is 3.14. The highest BCUT2D eigenvalue weighted by molar-refractivity contribution is 6.10. The van der Waals surface area contributed by atoms with Crippen LogP contribution < -0.4 is 14.4 Å². The van der Waals surface area contributed by atoms with Crippen LogP contribution in [0, 0.1) is 0 Å². The Morgan fingerprint density at radius 1 is 1.11 bits per heavy atom. The summed E-state index contributed by atoms with van der Waals surface area (Å²) in [6, 6.07) is 7.73. The molecule has 0 spiro atoms. The van der Waals surface area contributed by atoms with E-state index in [-0.39, 0.29) is 5.91 Å². The molecular weight excluding hydrogens is 356 g/mol. The zero-order chi connectivity index (χ0) is 19.7. The van der Waals surface area contributed by atoms with Gasteiger partial charge in [0.15, 0.2) is 5.75 Å². The molecule has 7 heteroatoms. The number of hydrogen-bond donors (Lipinski definition) is 0. The summed E-state index contributed by atoms with van der Waals surface area (Å²) in [4.78, 5) is 18.9. The van der Waals surface area contributed by atoms with Crippen molar-refractivity contribution in [3.8, 4) is 22.8 Å². The van der Waals surface area contributed by atoms with Crippen LogP contribution in [0.5, 0.6) is 11.6 Å². The van der Waals surface area contributed by atoms with E-state index in [1.807, 2.05) is 35.1 Å². The summed E-state index contributed by atoms with van der Waals surface area (Å²) < 4.78 is 12.4. The maximum absolute atomic E-state index is 12.8. The monoisotopic (exact) mass is 378 g/mol. The first kappa shape index (κ1) is 18.0. The molecule has 7 nitrogen and oxygen atoms in total. The van der Waals surface area contributed by atoms with Crippen LogP contribution in [-0.4, -0.2) is 34.9 Å². The number of fused-ring (bicyclic) bond motifs is 1. The molecule has 3 heterocycles. The highest BCUT2D eigenvalue weighted by Crippen LogP contribution is 2.34. The number of aryl methyl sites for hydroxylation is 1. The van der Waals surface area contributed by atoms with Crippen LogP contribution in [0.2, 0.25) is 0 Å². The largest absolute Gasteiger partial charge is 0.491 e. The van der Waals surface area contributed by atoms with E-state index in [1.54, 1.807) is 31.5 Å². The van der Waals surface area contributed by atoms with E-state index in [0.717, 1.165) is 40.9 Å². The van der Waals surface area contributed by atoms with Crippen LogP contribution in [0.15, 0.2) is 42.9 Å². The Labute approximate surface area is 163 Å². The van der Waals surface area contributed by atoms with E-state index in [4.69, 9.17) is 9.47 Å². The molecule has 0 fully saturated rings. The topological polar surface area (TPSA) is 69.5 Å². The molecule has 1 aliphatic rings. The minimum atomic E-state index is 0.00281. The Balaban J connectivity index is 1.63. The SMILES string of the molecule is CCCn1cc(N2Cc3cc(-c4cnc(OC)c(OC)c4)ccc3C2=O)cn1. The lowest BCUT2D eigenvalue weighted by molar-refractivity contribution is 0.0996. The first-order valence-electron chi connectivity index (χ1n) is 9.20. The molecular formula is C21H22N4O3.